The van der Waals surface area contributed by atoms with Crippen LogP contribution in [0.1, 0.15) is 26.7 Å². The van der Waals surface area contributed by atoms with E-state index in [2.05, 4.69) is 29.0 Å². The zero-order valence-corrected chi connectivity index (χ0v) is 13.1. The lowest BCUT2D eigenvalue weighted by molar-refractivity contribution is 0.192. The molecule has 1 saturated heterocycles. The average molecular weight is 290 g/mol. The molecule has 0 atom stereocenters. The molecule has 1 aromatic heterocycles. The standard InChI is InChI=1S/C16H26N4O/c1-3-14(4-2)13-18-16(21)20-11-9-19(10-12-20)15-7-5-6-8-17-15/h5-8,14H,3-4,9-13H2,1-2H3,(H,18,21). The molecule has 2 amide bonds. The van der Waals surface area contributed by atoms with E-state index in [1.165, 1.54) is 0 Å². The Balaban J connectivity index is 1.77. The lowest BCUT2D eigenvalue weighted by Gasteiger charge is -2.35. The molecule has 0 saturated carbocycles. The van der Waals surface area contributed by atoms with Crippen molar-refractivity contribution in [3.8, 4) is 0 Å². The van der Waals surface area contributed by atoms with Crippen LogP contribution < -0.4 is 10.2 Å². The van der Waals surface area contributed by atoms with Crippen LogP contribution >= 0.6 is 0 Å². The van der Waals surface area contributed by atoms with Gasteiger partial charge in [-0.3, -0.25) is 0 Å². The number of rotatable bonds is 5. The molecule has 1 fully saturated rings. The van der Waals surface area contributed by atoms with E-state index in [1.807, 2.05) is 29.3 Å². The van der Waals surface area contributed by atoms with Crippen LogP contribution in [0.25, 0.3) is 0 Å². The van der Waals surface area contributed by atoms with Crippen molar-refractivity contribution >= 4 is 11.8 Å². The van der Waals surface area contributed by atoms with Crippen molar-refractivity contribution in [2.24, 2.45) is 5.92 Å². The van der Waals surface area contributed by atoms with Crippen molar-refractivity contribution in [2.75, 3.05) is 37.6 Å². The predicted octanol–water partition coefficient (Wildman–Crippen LogP) is 2.35. The smallest absolute Gasteiger partial charge is 0.317 e. The number of piperazine rings is 1. The molecule has 21 heavy (non-hydrogen) atoms. The van der Waals surface area contributed by atoms with Crippen LogP contribution in [0.15, 0.2) is 24.4 Å². The topological polar surface area (TPSA) is 48.5 Å². The summed E-state index contributed by atoms with van der Waals surface area (Å²) < 4.78 is 0. The molecule has 2 rings (SSSR count). The molecule has 5 nitrogen and oxygen atoms in total. The number of carbonyl (C=O) groups is 1. The van der Waals surface area contributed by atoms with Crippen LogP contribution in [0.4, 0.5) is 10.6 Å². The van der Waals surface area contributed by atoms with Gasteiger partial charge in [0.05, 0.1) is 0 Å². The van der Waals surface area contributed by atoms with Gasteiger partial charge in [0.1, 0.15) is 5.82 Å². The van der Waals surface area contributed by atoms with Crippen LogP contribution in [-0.4, -0.2) is 48.6 Å². The van der Waals surface area contributed by atoms with Gasteiger partial charge in [-0.1, -0.05) is 32.8 Å². The summed E-state index contributed by atoms with van der Waals surface area (Å²) in [6.07, 6.45) is 4.04. The Morgan fingerprint density at radius 1 is 1.24 bits per heavy atom. The van der Waals surface area contributed by atoms with Gasteiger partial charge in [-0.15, -0.1) is 0 Å². The van der Waals surface area contributed by atoms with Gasteiger partial charge < -0.3 is 15.1 Å². The first-order valence-corrected chi connectivity index (χ1v) is 7.93. The second-order valence-electron chi connectivity index (χ2n) is 5.53. The van der Waals surface area contributed by atoms with Crippen LogP contribution in [0.2, 0.25) is 0 Å². The number of carbonyl (C=O) groups excluding carboxylic acids is 1. The summed E-state index contributed by atoms with van der Waals surface area (Å²) in [6, 6.07) is 6.01. The second kappa shape index (κ2) is 7.86. The monoisotopic (exact) mass is 290 g/mol. The third-order valence-corrected chi connectivity index (χ3v) is 4.24. The van der Waals surface area contributed by atoms with Gasteiger partial charge in [0, 0.05) is 38.9 Å². The van der Waals surface area contributed by atoms with E-state index in [4.69, 9.17) is 0 Å². The van der Waals surface area contributed by atoms with E-state index < -0.39 is 0 Å². The molecule has 2 heterocycles. The largest absolute Gasteiger partial charge is 0.353 e. The van der Waals surface area contributed by atoms with Gasteiger partial charge in [0.15, 0.2) is 0 Å². The molecule has 0 radical (unpaired) electrons. The van der Waals surface area contributed by atoms with Crippen molar-refractivity contribution in [1.82, 2.24) is 15.2 Å². The lowest BCUT2D eigenvalue weighted by Crippen LogP contribution is -2.52. The Kier molecular flexibility index (Phi) is 5.84. The third kappa shape index (κ3) is 4.34. The van der Waals surface area contributed by atoms with Gasteiger partial charge in [0.2, 0.25) is 0 Å². The fourth-order valence-electron chi connectivity index (χ4n) is 2.60. The summed E-state index contributed by atoms with van der Waals surface area (Å²) in [7, 11) is 0. The number of hydrogen-bond donors (Lipinski definition) is 1. The van der Waals surface area contributed by atoms with Crippen molar-refractivity contribution < 1.29 is 4.79 Å². The number of urea groups is 1. The first-order chi connectivity index (χ1) is 10.2. The first-order valence-electron chi connectivity index (χ1n) is 7.93. The highest BCUT2D eigenvalue weighted by molar-refractivity contribution is 5.74. The number of amides is 2. The van der Waals surface area contributed by atoms with E-state index in [-0.39, 0.29) is 6.03 Å². The third-order valence-electron chi connectivity index (χ3n) is 4.24. The summed E-state index contributed by atoms with van der Waals surface area (Å²) in [5.41, 5.74) is 0. The number of anilines is 1. The van der Waals surface area contributed by atoms with E-state index in [1.54, 1.807) is 0 Å². The summed E-state index contributed by atoms with van der Waals surface area (Å²) in [5, 5.41) is 3.06. The maximum atomic E-state index is 12.2. The van der Waals surface area contributed by atoms with Gasteiger partial charge in [0.25, 0.3) is 0 Å². The van der Waals surface area contributed by atoms with E-state index >= 15 is 0 Å². The predicted molar refractivity (Wildman–Crippen MR) is 85.5 cm³/mol. The number of nitrogens with one attached hydrogen (secondary N) is 1. The Labute approximate surface area is 127 Å². The number of hydrogen-bond acceptors (Lipinski definition) is 3. The van der Waals surface area contributed by atoms with Crippen molar-refractivity contribution in [3.05, 3.63) is 24.4 Å². The van der Waals surface area contributed by atoms with Crippen LogP contribution in [-0.2, 0) is 0 Å². The zero-order valence-electron chi connectivity index (χ0n) is 13.1. The van der Waals surface area contributed by atoms with E-state index in [0.29, 0.717) is 5.92 Å². The minimum atomic E-state index is 0.0718. The molecule has 116 valence electrons. The fraction of sp³-hybridized carbons (Fsp3) is 0.625. The second-order valence-corrected chi connectivity index (χ2v) is 5.53. The highest BCUT2D eigenvalue weighted by Crippen LogP contribution is 2.12. The quantitative estimate of drug-likeness (QED) is 0.905. The fourth-order valence-corrected chi connectivity index (χ4v) is 2.60. The Morgan fingerprint density at radius 3 is 2.52 bits per heavy atom. The molecular formula is C16H26N4O. The molecule has 0 unspecified atom stereocenters. The SMILES string of the molecule is CCC(CC)CNC(=O)N1CCN(c2ccccn2)CC1. The Hall–Kier alpha value is -1.78. The molecule has 0 aliphatic carbocycles. The highest BCUT2D eigenvalue weighted by atomic mass is 16.2. The van der Waals surface area contributed by atoms with Crippen molar-refractivity contribution in [3.63, 3.8) is 0 Å². The van der Waals surface area contributed by atoms with Gasteiger partial charge in [-0.2, -0.15) is 0 Å². The van der Waals surface area contributed by atoms with E-state index in [9.17, 15) is 4.79 Å². The Morgan fingerprint density at radius 2 is 1.95 bits per heavy atom. The summed E-state index contributed by atoms with van der Waals surface area (Å²) in [5.74, 6) is 1.58. The van der Waals surface area contributed by atoms with E-state index in [0.717, 1.165) is 51.4 Å². The van der Waals surface area contributed by atoms with Crippen LogP contribution in [0.5, 0.6) is 0 Å². The molecule has 1 aliphatic heterocycles. The van der Waals surface area contributed by atoms with Gasteiger partial charge in [-0.05, 0) is 18.1 Å². The maximum absolute atomic E-state index is 12.2. The molecule has 5 heteroatoms. The minimum absolute atomic E-state index is 0.0718. The highest BCUT2D eigenvalue weighted by Gasteiger charge is 2.21. The zero-order chi connectivity index (χ0) is 15.1. The molecule has 1 aromatic rings. The molecule has 1 N–H and O–H groups in total. The summed E-state index contributed by atoms with van der Waals surface area (Å²) in [6.45, 7) is 8.33. The van der Waals surface area contributed by atoms with Crippen LogP contribution in [0, 0.1) is 5.92 Å². The number of nitrogens with zero attached hydrogens (tertiary/aromatic N) is 3. The van der Waals surface area contributed by atoms with Gasteiger partial charge in [-0.25, -0.2) is 9.78 Å². The minimum Gasteiger partial charge on any atom is -0.353 e. The summed E-state index contributed by atoms with van der Waals surface area (Å²) in [4.78, 5) is 20.7. The summed E-state index contributed by atoms with van der Waals surface area (Å²) >= 11 is 0. The normalized spacial score (nSPS) is 15.4. The lowest BCUT2D eigenvalue weighted by atomic mass is 10.0. The van der Waals surface area contributed by atoms with Gasteiger partial charge >= 0.3 is 6.03 Å². The number of pyridine rings is 1. The Bertz CT molecular complexity index is 425. The molecule has 0 bridgehead atoms. The molecule has 1 aliphatic rings. The molecule has 0 spiro atoms. The first kappa shape index (κ1) is 15.6. The average Bonchev–Trinajstić information content (AvgIpc) is 2.56. The van der Waals surface area contributed by atoms with Crippen molar-refractivity contribution in [2.45, 2.75) is 26.7 Å². The molecule has 0 aromatic carbocycles. The van der Waals surface area contributed by atoms with Crippen LogP contribution in [0.3, 0.4) is 0 Å². The maximum Gasteiger partial charge on any atom is 0.317 e. The molecular weight excluding hydrogens is 264 g/mol. The number of aromatic nitrogens is 1. The van der Waals surface area contributed by atoms with Crippen molar-refractivity contribution in [1.29, 1.82) is 0 Å².